The van der Waals surface area contributed by atoms with E-state index in [1.54, 1.807) is 7.11 Å². The van der Waals surface area contributed by atoms with Crippen molar-refractivity contribution in [2.75, 3.05) is 38.8 Å². The first-order chi connectivity index (χ1) is 13.7. The molecular formula is C22H34N2O5. The molecule has 0 saturated carbocycles. The minimum Gasteiger partial charge on any atom is -0.496 e. The number of hydrogen-bond acceptors (Lipinski definition) is 5. The number of nitrogens with zero attached hydrogens (tertiary/aromatic N) is 2. The Labute approximate surface area is 173 Å². The smallest absolute Gasteiger partial charge is 0.407 e. The molecule has 29 heavy (non-hydrogen) atoms. The Morgan fingerprint density at radius 2 is 2.07 bits per heavy atom. The molecule has 0 radical (unpaired) electrons. The number of carbonyl (C=O) groups is 1. The van der Waals surface area contributed by atoms with Gasteiger partial charge >= 0.3 is 6.09 Å². The topological polar surface area (TPSA) is 71.5 Å². The molecule has 1 aromatic rings. The van der Waals surface area contributed by atoms with Gasteiger partial charge in [0.05, 0.1) is 19.8 Å². The van der Waals surface area contributed by atoms with Gasteiger partial charge in [0.1, 0.15) is 5.75 Å². The largest absolute Gasteiger partial charge is 0.496 e. The second-order valence-corrected chi connectivity index (χ2v) is 8.59. The zero-order chi connectivity index (χ0) is 21.2. The quantitative estimate of drug-likeness (QED) is 0.772. The molecular weight excluding hydrogens is 372 g/mol. The van der Waals surface area contributed by atoms with Crippen LogP contribution in [-0.4, -0.2) is 67.9 Å². The lowest BCUT2D eigenvalue weighted by atomic mass is 9.91. The fourth-order valence-corrected chi connectivity index (χ4v) is 4.55. The van der Waals surface area contributed by atoms with Gasteiger partial charge in [-0.15, -0.1) is 0 Å². The third-order valence-electron chi connectivity index (χ3n) is 6.10. The minimum absolute atomic E-state index is 0.0573. The fourth-order valence-electron chi connectivity index (χ4n) is 4.55. The number of anilines is 1. The summed E-state index contributed by atoms with van der Waals surface area (Å²) in [7, 11) is 3.81. The van der Waals surface area contributed by atoms with E-state index >= 15 is 0 Å². The first-order valence-corrected chi connectivity index (χ1v) is 10.4. The van der Waals surface area contributed by atoms with Gasteiger partial charge in [0.25, 0.3) is 0 Å². The van der Waals surface area contributed by atoms with Crippen LogP contribution in [0, 0.1) is 0 Å². The normalized spacial score (nSPS) is 23.1. The molecule has 2 atom stereocenters. The first-order valence-electron chi connectivity index (χ1n) is 10.4. The van der Waals surface area contributed by atoms with Gasteiger partial charge in [-0.1, -0.05) is 13.0 Å². The number of piperidine rings is 1. The highest BCUT2D eigenvalue weighted by Gasteiger charge is 2.35. The summed E-state index contributed by atoms with van der Waals surface area (Å²) >= 11 is 0. The number of ether oxygens (including phenoxy) is 3. The lowest BCUT2D eigenvalue weighted by molar-refractivity contribution is -0.139. The van der Waals surface area contributed by atoms with Crippen LogP contribution >= 0.6 is 0 Å². The molecule has 7 heteroatoms. The van der Waals surface area contributed by atoms with E-state index in [1.165, 1.54) is 10.5 Å². The van der Waals surface area contributed by atoms with Crippen LogP contribution in [0.5, 0.6) is 5.75 Å². The summed E-state index contributed by atoms with van der Waals surface area (Å²) < 4.78 is 17.5. The second kappa shape index (κ2) is 8.79. The third kappa shape index (κ3) is 4.95. The van der Waals surface area contributed by atoms with Crippen LogP contribution in [0.1, 0.15) is 51.5 Å². The van der Waals surface area contributed by atoms with Crippen LogP contribution in [0.2, 0.25) is 0 Å². The molecule has 2 heterocycles. The van der Waals surface area contributed by atoms with E-state index in [0.29, 0.717) is 25.7 Å². The molecule has 2 aliphatic rings. The molecule has 3 rings (SSSR count). The minimum atomic E-state index is -0.830. The number of rotatable bonds is 6. The zero-order valence-corrected chi connectivity index (χ0v) is 18.2. The summed E-state index contributed by atoms with van der Waals surface area (Å²) in [5, 5.41) is 9.21. The summed E-state index contributed by atoms with van der Waals surface area (Å²) in [6.45, 7) is 7.85. The summed E-state index contributed by atoms with van der Waals surface area (Å²) in [5.41, 5.74) is 2.32. The average Bonchev–Trinajstić information content (AvgIpc) is 3.04. The molecule has 0 bridgehead atoms. The fraction of sp³-hybridized carbons (Fsp3) is 0.682. The van der Waals surface area contributed by atoms with E-state index in [1.807, 2.05) is 26.0 Å². The van der Waals surface area contributed by atoms with Crippen molar-refractivity contribution in [3.8, 4) is 5.75 Å². The maximum absolute atomic E-state index is 11.2. The van der Waals surface area contributed by atoms with Crippen molar-refractivity contribution in [3.63, 3.8) is 0 Å². The van der Waals surface area contributed by atoms with Gasteiger partial charge in [-0.3, -0.25) is 0 Å². The van der Waals surface area contributed by atoms with Crippen LogP contribution in [0.25, 0.3) is 0 Å². The number of likely N-dealkylation sites (tertiary alicyclic amines) is 1. The van der Waals surface area contributed by atoms with Gasteiger partial charge in [-0.25, -0.2) is 4.79 Å². The molecule has 162 valence electrons. The van der Waals surface area contributed by atoms with Crippen LogP contribution in [0.3, 0.4) is 0 Å². The zero-order valence-electron chi connectivity index (χ0n) is 18.2. The maximum atomic E-state index is 11.2. The van der Waals surface area contributed by atoms with Gasteiger partial charge in [-0.05, 0) is 51.2 Å². The number of hydrogen-bond donors (Lipinski definition) is 1. The molecule has 0 aromatic heterocycles. The van der Waals surface area contributed by atoms with Crippen molar-refractivity contribution in [3.05, 3.63) is 23.8 Å². The standard InChI is InChI=1S/C22H34N2O5/c1-15(13-17-14-28-22(2,3)29-17)20-18(7-6-8-19(20)27-5)23(4)16-9-11-24(12-10-16)21(25)26/h6-8,15-17H,9-14H2,1-5H3,(H,25,26). The molecule has 0 aliphatic carbocycles. The second-order valence-electron chi connectivity index (χ2n) is 8.59. The highest BCUT2D eigenvalue weighted by molar-refractivity contribution is 5.65. The van der Waals surface area contributed by atoms with Gasteiger partial charge in [-0.2, -0.15) is 0 Å². The van der Waals surface area contributed by atoms with Gasteiger partial charge in [0.2, 0.25) is 0 Å². The molecule has 7 nitrogen and oxygen atoms in total. The van der Waals surface area contributed by atoms with Crippen molar-refractivity contribution in [1.29, 1.82) is 0 Å². The predicted molar refractivity (Wildman–Crippen MR) is 112 cm³/mol. The van der Waals surface area contributed by atoms with E-state index in [-0.39, 0.29) is 12.0 Å². The Morgan fingerprint density at radius 1 is 1.38 bits per heavy atom. The number of methoxy groups -OCH3 is 1. The molecule has 1 amide bonds. The van der Waals surface area contributed by atoms with Gasteiger partial charge < -0.3 is 29.1 Å². The molecule has 2 aliphatic heterocycles. The lowest BCUT2D eigenvalue weighted by Crippen LogP contribution is -2.45. The Bertz CT molecular complexity index is 715. The third-order valence-corrected chi connectivity index (χ3v) is 6.10. The van der Waals surface area contributed by atoms with Crippen LogP contribution in [0.15, 0.2) is 18.2 Å². The summed E-state index contributed by atoms with van der Waals surface area (Å²) in [6, 6.07) is 6.46. The van der Waals surface area contributed by atoms with Crippen molar-refractivity contribution in [1.82, 2.24) is 4.90 Å². The van der Waals surface area contributed by atoms with Crippen LogP contribution in [-0.2, 0) is 9.47 Å². The Balaban J connectivity index is 1.78. The Morgan fingerprint density at radius 3 is 2.62 bits per heavy atom. The van der Waals surface area contributed by atoms with E-state index in [4.69, 9.17) is 14.2 Å². The molecule has 2 unspecified atom stereocenters. The summed E-state index contributed by atoms with van der Waals surface area (Å²) in [4.78, 5) is 15.0. The van der Waals surface area contributed by atoms with Crippen molar-refractivity contribution in [2.45, 2.75) is 63.9 Å². The SMILES string of the molecule is COc1cccc(N(C)C2CCN(C(=O)O)CC2)c1C(C)CC1COC(C)(C)O1. The number of benzene rings is 1. The van der Waals surface area contributed by atoms with Crippen molar-refractivity contribution >= 4 is 11.8 Å². The van der Waals surface area contributed by atoms with Gasteiger partial charge in [0, 0.05) is 37.4 Å². The van der Waals surface area contributed by atoms with E-state index in [9.17, 15) is 9.90 Å². The van der Waals surface area contributed by atoms with Crippen LogP contribution in [0.4, 0.5) is 10.5 Å². The Kier molecular flexibility index (Phi) is 6.58. The maximum Gasteiger partial charge on any atom is 0.407 e. The van der Waals surface area contributed by atoms with Gasteiger partial charge in [0.15, 0.2) is 5.79 Å². The highest BCUT2D eigenvalue weighted by atomic mass is 16.7. The van der Waals surface area contributed by atoms with Crippen LogP contribution < -0.4 is 9.64 Å². The molecule has 0 spiro atoms. The highest BCUT2D eigenvalue weighted by Crippen LogP contribution is 2.40. The number of amides is 1. The average molecular weight is 407 g/mol. The van der Waals surface area contributed by atoms with Crippen molar-refractivity contribution < 1.29 is 24.1 Å². The van der Waals surface area contributed by atoms with Crippen molar-refractivity contribution in [2.24, 2.45) is 0 Å². The van der Waals surface area contributed by atoms with E-state index in [2.05, 4.69) is 24.9 Å². The molecule has 2 fully saturated rings. The summed E-state index contributed by atoms with van der Waals surface area (Å²) in [5.74, 6) is 0.580. The lowest BCUT2D eigenvalue weighted by Gasteiger charge is -2.38. The first kappa shape index (κ1) is 21.7. The summed E-state index contributed by atoms with van der Waals surface area (Å²) in [6.07, 6.45) is 1.72. The monoisotopic (exact) mass is 406 g/mol. The molecule has 1 N–H and O–H groups in total. The number of carboxylic acid groups (broad SMARTS) is 1. The van der Waals surface area contributed by atoms with E-state index in [0.717, 1.165) is 30.7 Å². The predicted octanol–water partition coefficient (Wildman–Crippen LogP) is 3.92. The van der Waals surface area contributed by atoms with E-state index < -0.39 is 11.9 Å². The molecule has 2 saturated heterocycles. The molecule has 1 aromatic carbocycles. The Hall–Kier alpha value is -1.99.